The van der Waals surface area contributed by atoms with Crippen molar-refractivity contribution in [3.63, 3.8) is 0 Å². The van der Waals surface area contributed by atoms with Crippen molar-refractivity contribution in [1.82, 2.24) is 14.6 Å². The summed E-state index contributed by atoms with van der Waals surface area (Å²) in [6.45, 7) is 4.36. The number of hydrogen-bond acceptors (Lipinski definition) is 9. The maximum Gasteiger partial charge on any atom is 0.343 e. The highest BCUT2D eigenvalue weighted by atomic mass is 19.1. The molecule has 2 aromatic carbocycles. The van der Waals surface area contributed by atoms with E-state index in [0.29, 0.717) is 51.8 Å². The third kappa shape index (κ3) is 4.61. The summed E-state index contributed by atoms with van der Waals surface area (Å²) in [7, 11) is 0. The summed E-state index contributed by atoms with van der Waals surface area (Å²) in [4.78, 5) is 57.9. The fourth-order valence-corrected chi connectivity index (χ4v) is 7.21. The first-order valence-corrected chi connectivity index (χ1v) is 15.5. The van der Waals surface area contributed by atoms with Gasteiger partial charge in [-0.3, -0.25) is 19.4 Å². The van der Waals surface area contributed by atoms with Gasteiger partial charge in [0.15, 0.2) is 17.5 Å². The quantitative estimate of drug-likeness (QED) is 0.0896. The number of ketones is 1. The van der Waals surface area contributed by atoms with Crippen molar-refractivity contribution in [2.45, 2.75) is 77.5 Å². The lowest BCUT2D eigenvalue weighted by Gasteiger charge is -2.35. The summed E-state index contributed by atoms with van der Waals surface area (Å²) >= 11 is 0. The van der Waals surface area contributed by atoms with Crippen LogP contribution in [-0.4, -0.2) is 43.4 Å². The number of pyridine rings is 2. The van der Waals surface area contributed by atoms with Crippen LogP contribution in [0.1, 0.15) is 71.7 Å². The number of halogens is 1. The van der Waals surface area contributed by atoms with E-state index in [-0.39, 0.29) is 37.3 Å². The van der Waals surface area contributed by atoms with Crippen molar-refractivity contribution in [1.29, 1.82) is 0 Å². The molecule has 0 bridgehead atoms. The number of Topliss-reactive ketones (excluding diaryl/α,β-unsaturated/α-hetero) is 1. The Balaban J connectivity index is 1.37. The van der Waals surface area contributed by atoms with Crippen LogP contribution in [0.15, 0.2) is 47.3 Å². The first-order chi connectivity index (χ1) is 22.5. The van der Waals surface area contributed by atoms with Crippen molar-refractivity contribution in [3.05, 3.63) is 97.6 Å². The summed E-state index contributed by atoms with van der Waals surface area (Å²) in [5, 5.41) is 12.9. The highest BCUT2D eigenvalue weighted by Crippen LogP contribution is 2.47. The molecule has 47 heavy (non-hydrogen) atoms. The Morgan fingerprint density at radius 1 is 1.21 bits per heavy atom. The van der Waals surface area contributed by atoms with Gasteiger partial charge in [0, 0.05) is 22.6 Å². The molecule has 1 unspecified atom stereocenters. The van der Waals surface area contributed by atoms with Gasteiger partial charge in [0.1, 0.15) is 12.4 Å². The molecule has 0 saturated carbocycles. The van der Waals surface area contributed by atoms with Crippen molar-refractivity contribution in [2.24, 2.45) is 5.84 Å². The van der Waals surface area contributed by atoms with Crippen LogP contribution in [-0.2, 0) is 55.6 Å². The maximum absolute atomic E-state index is 15.3. The number of aromatic nitrogens is 2. The minimum Gasteiger partial charge on any atom is -0.458 e. The average molecular weight is 641 g/mol. The number of nitrogens with two attached hydrogens (primary N) is 1. The lowest BCUT2D eigenvalue weighted by molar-refractivity contribution is -0.172. The van der Waals surface area contributed by atoms with E-state index in [0.717, 1.165) is 16.1 Å². The third-order valence-electron chi connectivity index (χ3n) is 9.79. The highest BCUT2D eigenvalue weighted by molar-refractivity contribution is 6.03. The minimum atomic E-state index is -2.02. The molecular weight excluding hydrogens is 607 g/mol. The Hall–Kier alpha value is -4.78. The van der Waals surface area contributed by atoms with Gasteiger partial charge in [-0.2, -0.15) is 0 Å². The number of carbonyl (C=O) groups is 3. The zero-order valence-electron chi connectivity index (χ0n) is 26.1. The lowest BCUT2D eigenvalue weighted by atomic mass is 9.81. The van der Waals surface area contributed by atoms with E-state index in [1.54, 1.807) is 19.9 Å². The molecule has 2 aliphatic heterocycles. The Labute approximate surface area is 268 Å². The molecule has 11 nitrogen and oxygen atoms in total. The summed E-state index contributed by atoms with van der Waals surface area (Å²) < 4.78 is 27.7. The van der Waals surface area contributed by atoms with Crippen LogP contribution in [0, 0.1) is 12.7 Å². The van der Waals surface area contributed by atoms with E-state index in [9.17, 15) is 24.3 Å². The number of fused-ring (bicyclic) bond motifs is 5. The number of benzene rings is 2. The Bertz CT molecular complexity index is 2080. The second-order valence-electron chi connectivity index (χ2n) is 12.4. The maximum atomic E-state index is 15.3. The fourth-order valence-electron chi connectivity index (χ4n) is 7.21. The van der Waals surface area contributed by atoms with Crippen LogP contribution < -0.4 is 11.4 Å². The first kappa shape index (κ1) is 30.9. The molecule has 1 amide bonds. The van der Waals surface area contributed by atoms with Crippen LogP contribution in [0.5, 0.6) is 0 Å². The molecule has 0 saturated heterocycles. The second-order valence-corrected chi connectivity index (χ2v) is 12.4. The number of hydrogen-bond donors (Lipinski definition) is 2. The number of cyclic esters (lactones) is 1. The summed E-state index contributed by atoms with van der Waals surface area (Å²) in [5.41, 5.74) is 2.04. The van der Waals surface area contributed by atoms with E-state index in [4.69, 9.17) is 20.3 Å². The molecular formula is C35H33FN4O7. The molecule has 0 radical (unpaired) electrons. The van der Waals surface area contributed by atoms with Gasteiger partial charge in [-0.25, -0.2) is 20.0 Å². The number of aryl methyl sites for hydroxylation is 1. The molecule has 4 heterocycles. The number of amides is 1. The Kier molecular flexibility index (Phi) is 7.34. The van der Waals surface area contributed by atoms with Gasteiger partial charge in [0.05, 0.1) is 41.7 Å². The van der Waals surface area contributed by atoms with Gasteiger partial charge >= 0.3 is 5.97 Å². The zero-order valence-corrected chi connectivity index (χ0v) is 26.1. The summed E-state index contributed by atoms with van der Waals surface area (Å²) in [6, 6.07) is 11.3. The van der Waals surface area contributed by atoms with Crippen molar-refractivity contribution in [3.8, 4) is 11.4 Å². The van der Waals surface area contributed by atoms with Crippen LogP contribution in [0.25, 0.3) is 22.3 Å². The van der Waals surface area contributed by atoms with Crippen LogP contribution >= 0.6 is 0 Å². The smallest absolute Gasteiger partial charge is 0.343 e. The van der Waals surface area contributed by atoms with Gasteiger partial charge in [0.2, 0.25) is 0 Å². The van der Waals surface area contributed by atoms with E-state index in [1.807, 2.05) is 30.3 Å². The lowest BCUT2D eigenvalue weighted by Crippen LogP contribution is -2.50. The SMILES string of the molecule is CC[C@@]1(O)C(=O)OCc2c1cc1n(c2=O)Cc2c-1nc1cc(F)c(C)c3c1c2[C@@H](N(N)C(=O)C(OCc1ccccc1)C(C)=O)CC3. The number of aliphatic hydroxyl groups is 1. The average Bonchev–Trinajstić information content (AvgIpc) is 3.44. The van der Waals surface area contributed by atoms with E-state index >= 15 is 4.39 Å². The molecule has 7 rings (SSSR count). The number of rotatable bonds is 7. The largest absolute Gasteiger partial charge is 0.458 e. The van der Waals surface area contributed by atoms with E-state index in [2.05, 4.69) is 0 Å². The normalized spacial score (nSPS) is 19.9. The first-order valence-electron chi connectivity index (χ1n) is 15.5. The number of ether oxygens (including phenoxy) is 2. The van der Waals surface area contributed by atoms with Gasteiger partial charge in [0.25, 0.3) is 11.5 Å². The zero-order chi connectivity index (χ0) is 33.4. The van der Waals surface area contributed by atoms with Crippen molar-refractivity contribution in [2.75, 3.05) is 0 Å². The predicted octanol–water partition coefficient (Wildman–Crippen LogP) is 3.39. The Morgan fingerprint density at radius 2 is 1.96 bits per heavy atom. The molecule has 1 aliphatic carbocycles. The standard InChI is InChI=1S/C35H33FN4O7/c1-4-35(45)23-12-27-30-21(14-39(27)32(42)22(23)16-47-34(35)44)29-26(11-10-20-17(2)24(36)13-25(38-30)28(20)29)40(37)33(43)31(18(3)41)46-15-19-8-6-5-7-9-19/h5-9,12-13,26,31,45H,4,10-11,14-16,37H2,1-3H3/t26-,31?,35-/m0/s1. The Morgan fingerprint density at radius 3 is 2.66 bits per heavy atom. The third-order valence-corrected chi connectivity index (χ3v) is 9.79. The monoisotopic (exact) mass is 640 g/mol. The second kappa shape index (κ2) is 11.2. The van der Waals surface area contributed by atoms with Gasteiger partial charge in [-0.1, -0.05) is 37.3 Å². The van der Waals surface area contributed by atoms with Crippen molar-refractivity contribution < 1.29 is 33.4 Å². The van der Waals surface area contributed by atoms with Crippen LogP contribution in [0.3, 0.4) is 0 Å². The van der Waals surface area contributed by atoms with E-state index in [1.165, 1.54) is 17.6 Å². The van der Waals surface area contributed by atoms with Crippen LogP contribution in [0.2, 0.25) is 0 Å². The van der Waals surface area contributed by atoms with Crippen molar-refractivity contribution >= 4 is 28.6 Å². The molecule has 3 aliphatic rings. The number of carbonyl (C=O) groups excluding carboxylic acids is 3. The summed E-state index contributed by atoms with van der Waals surface area (Å²) in [6.07, 6.45) is -0.778. The number of hydrazine groups is 1. The molecule has 0 spiro atoms. The predicted molar refractivity (Wildman–Crippen MR) is 167 cm³/mol. The van der Waals surface area contributed by atoms with Crippen LogP contribution in [0.4, 0.5) is 4.39 Å². The number of nitrogens with zero attached hydrogens (tertiary/aromatic N) is 3. The molecule has 3 N–H and O–H groups in total. The van der Waals surface area contributed by atoms with Gasteiger partial charge < -0.3 is 19.1 Å². The van der Waals surface area contributed by atoms with E-state index < -0.39 is 46.8 Å². The summed E-state index contributed by atoms with van der Waals surface area (Å²) in [5.74, 6) is 4.07. The molecule has 4 aromatic rings. The number of esters is 1. The highest BCUT2D eigenvalue weighted by Gasteiger charge is 2.46. The topological polar surface area (TPSA) is 154 Å². The molecule has 12 heteroatoms. The van der Waals surface area contributed by atoms with Gasteiger partial charge in [-0.05, 0) is 61.4 Å². The molecule has 0 fully saturated rings. The minimum absolute atomic E-state index is 0.0186. The van der Waals surface area contributed by atoms with Gasteiger partial charge in [-0.15, -0.1) is 0 Å². The molecule has 3 atom stereocenters. The molecule has 242 valence electrons. The fraction of sp³-hybridized carbons (Fsp3) is 0.343. The molecule has 2 aromatic heterocycles.